The lowest BCUT2D eigenvalue weighted by molar-refractivity contribution is -0.150. The predicted molar refractivity (Wildman–Crippen MR) is 62.0 cm³/mol. The van der Waals surface area contributed by atoms with Gasteiger partial charge in [0.25, 0.3) is 0 Å². The van der Waals surface area contributed by atoms with E-state index in [0.29, 0.717) is 26.1 Å². The summed E-state index contributed by atoms with van der Waals surface area (Å²) in [6.45, 7) is 3.82. The Hall–Kier alpha value is -0.650. The number of rotatable bonds is 4. The normalized spacial score (nSPS) is 30.1. The smallest absolute Gasteiger partial charge is 0.324 e. The van der Waals surface area contributed by atoms with E-state index in [-0.39, 0.29) is 12.1 Å². The van der Waals surface area contributed by atoms with Crippen LogP contribution in [0.2, 0.25) is 0 Å². The minimum absolute atomic E-state index is 0.0756. The number of carbonyl (C=O) groups is 1. The molecular formula is C12H21NO4. The third kappa shape index (κ3) is 2.78. The van der Waals surface area contributed by atoms with Gasteiger partial charge in [-0.1, -0.05) is 0 Å². The van der Waals surface area contributed by atoms with Crippen molar-refractivity contribution >= 4 is 5.97 Å². The van der Waals surface area contributed by atoms with Crippen molar-refractivity contribution in [2.75, 3.05) is 19.8 Å². The maximum atomic E-state index is 11.5. The van der Waals surface area contributed by atoms with Crippen molar-refractivity contribution in [3.8, 4) is 0 Å². The molecule has 2 saturated heterocycles. The summed E-state index contributed by atoms with van der Waals surface area (Å²) in [5.41, 5.74) is -0.830. The summed E-state index contributed by atoms with van der Waals surface area (Å²) in [4.78, 5) is 11.5. The lowest BCUT2D eigenvalue weighted by Gasteiger charge is -2.37. The zero-order valence-electron chi connectivity index (χ0n) is 10.3. The molecule has 5 nitrogen and oxygen atoms in total. The minimum atomic E-state index is -0.830. The van der Waals surface area contributed by atoms with Crippen LogP contribution in [0.3, 0.4) is 0 Å². The van der Waals surface area contributed by atoms with Crippen LogP contribution >= 0.6 is 0 Å². The van der Waals surface area contributed by atoms with E-state index >= 15 is 0 Å². The van der Waals surface area contributed by atoms with E-state index in [4.69, 9.17) is 9.47 Å². The fraction of sp³-hybridized carbons (Fsp3) is 0.917. The van der Waals surface area contributed by atoms with E-state index in [9.17, 15) is 9.90 Å². The van der Waals surface area contributed by atoms with E-state index < -0.39 is 11.5 Å². The number of aliphatic carboxylic acids is 1. The number of hydrogen-bond acceptors (Lipinski definition) is 4. The molecule has 0 bridgehead atoms. The first kappa shape index (κ1) is 12.8. The van der Waals surface area contributed by atoms with Gasteiger partial charge in [-0.25, -0.2) is 0 Å². The van der Waals surface area contributed by atoms with Crippen molar-refractivity contribution in [1.29, 1.82) is 0 Å². The highest BCUT2D eigenvalue weighted by Crippen LogP contribution is 2.24. The molecule has 0 radical (unpaired) electrons. The molecule has 17 heavy (non-hydrogen) atoms. The lowest BCUT2D eigenvalue weighted by Crippen LogP contribution is -2.60. The fourth-order valence-electron chi connectivity index (χ4n) is 2.67. The Morgan fingerprint density at radius 2 is 2.12 bits per heavy atom. The zero-order chi connectivity index (χ0) is 12.3. The van der Waals surface area contributed by atoms with Gasteiger partial charge in [-0.15, -0.1) is 0 Å². The van der Waals surface area contributed by atoms with Gasteiger partial charge in [-0.05, 0) is 32.6 Å². The predicted octanol–water partition coefficient (Wildman–Crippen LogP) is 0.777. The summed E-state index contributed by atoms with van der Waals surface area (Å²) >= 11 is 0. The molecule has 0 aromatic heterocycles. The van der Waals surface area contributed by atoms with Crippen LogP contribution in [-0.4, -0.2) is 48.6 Å². The molecule has 0 aliphatic carbocycles. The summed E-state index contributed by atoms with van der Waals surface area (Å²) < 4.78 is 10.8. The molecule has 0 aromatic carbocycles. The third-order valence-electron chi connectivity index (χ3n) is 3.78. The molecule has 5 heteroatoms. The van der Waals surface area contributed by atoms with Crippen LogP contribution in [0, 0.1) is 0 Å². The van der Waals surface area contributed by atoms with Crippen molar-refractivity contribution in [3.05, 3.63) is 0 Å². The summed E-state index contributed by atoms with van der Waals surface area (Å²) in [5, 5.41) is 12.7. The van der Waals surface area contributed by atoms with Gasteiger partial charge >= 0.3 is 5.97 Å². The van der Waals surface area contributed by atoms with E-state index in [0.717, 1.165) is 19.4 Å². The van der Waals surface area contributed by atoms with E-state index in [1.807, 2.05) is 6.92 Å². The van der Waals surface area contributed by atoms with Crippen molar-refractivity contribution in [1.82, 2.24) is 5.32 Å². The first-order valence-electron chi connectivity index (χ1n) is 6.34. The van der Waals surface area contributed by atoms with Crippen molar-refractivity contribution in [3.63, 3.8) is 0 Å². The molecule has 2 heterocycles. The summed E-state index contributed by atoms with van der Waals surface area (Å²) in [5.74, 6) is -0.773. The molecule has 2 N–H and O–H groups in total. The summed E-state index contributed by atoms with van der Waals surface area (Å²) in [6, 6.07) is 0.0756. The molecule has 2 aliphatic rings. The van der Waals surface area contributed by atoms with Crippen LogP contribution in [0.4, 0.5) is 0 Å². The number of carboxylic acid groups (broad SMARTS) is 1. The van der Waals surface area contributed by atoms with Gasteiger partial charge in [0, 0.05) is 25.9 Å². The average Bonchev–Trinajstić information content (AvgIpc) is 2.83. The quantitative estimate of drug-likeness (QED) is 0.763. The number of nitrogens with one attached hydrogen (secondary N) is 1. The largest absolute Gasteiger partial charge is 0.480 e. The molecule has 2 aliphatic heterocycles. The Labute approximate surface area is 101 Å². The topological polar surface area (TPSA) is 67.8 Å². The highest BCUT2D eigenvalue weighted by molar-refractivity contribution is 5.79. The molecule has 0 aromatic rings. The zero-order valence-corrected chi connectivity index (χ0v) is 10.3. The van der Waals surface area contributed by atoms with Crippen LogP contribution in [0.5, 0.6) is 0 Å². The van der Waals surface area contributed by atoms with Crippen LogP contribution in [0.1, 0.15) is 32.6 Å². The van der Waals surface area contributed by atoms with Gasteiger partial charge in [0.1, 0.15) is 5.54 Å². The second-order valence-corrected chi connectivity index (χ2v) is 4.98. The first-order chi connectivity index (χ1) is 8.14. The Morgan fingerprint density at radius 1 is 1.41 bits per heavy atom. The molecule has 0 spiro atoms. The van der Waals surface area contributed by atoms with Gasteiger partial charge in [0.2, 0.25) is 0 Å². The van der Waals surface area contributed by atoms with Crippen molar-refractivity contribution in [2.45, 2.75) is 50.3 Å². The van der Waals surface area contributed by atoms with Crippen LogP contribution in [0.25, 0.3) is 0 Å². The standard InChI is InChI=1S/C12H21NO4/c1-9(10-3-2-6-17-10)13-12(11(14)15)4-7-16-8-5-12/h9-10,13H,2-8H2,1H3,(H,14,15). The van der Waals surface area contributed by atoms with Crippen molar-refractivity contribution < 1.29 is 19.4 Å². The molecular weight excluding hydrogens is 222 g/mol. The van der Waals surface area contributed by atoms with Gasteiger partial charge < -0.3 is 14.6 Å². The van der Waals surface area contributed by atoms with Crippen molar-refractivity contribution in [2.24, 2.45) is 0 Å². The molecule has 2 unspecified atom stereocenters. The van der Waals surface area contributed by atoms with E-state index in [1.165, 1.54) is 0 Å². The Balaban J connectivity index is 1.98. The van der Waals surface area contributed by atoms with Gasteiger partial charge in [0.15, 0.2) is 0 Å². The lowest BCUT2D eigenvalue weighted by atomic mass is 9.88. The van der Waals surface area contributed by atoms with E-state index in [2.05, 4.69) is 5.32 Å². The van der Waals surface area contributed by atoms with Gasteiger partial charge in [-0.2, -0.15) is 0 Å². The first-order valence-corrected chi connectivity index (χ1v) is 6.34. The summed E-state index contributed by atoms with van der Waals surface area (Å²) in [6.07, 6.45) is 3.29. The average molecular weight is 243 g/mol. The number of hydrogen-bond donors (Lipinski definition) is 2. The monoisotopic (exact) mass is 243 g/mol. The number of ether oxygens (including phenoxy) is 2. The van der Waals surface area contributed by atoms with Crippen LogP contribution in [0.15, 0.2) is 0 Å². The Morgan fingerprint density at radius 3 is 2.65 bits per heavy atom. The maximum Gasteiger partial charge on any atom is 0.324 e. The van der Waals surface area contributed by atoms with Crippen LogP contribution < -0.4 is 5.32 Å². The number of carboxylic acids is 1. The molecule has 0 saturated carbocycles. The third-order valence-corrected chi connectivity index (χ3v) is 3.78. The highest BCUT2D eigenvalue weighted by Gasteiger charge is 2.42. The Bertz CT molecular complexity index is 270. The van der Waals surface area contributed by atoms with E-state index in [1.54, 1.807) is 0 Å². The van der Waals surface area contributed by atoms with Gasteiger partial charge in [-0.3, -0.25) is 10.1 Å². The molecule has 2 atom stereocenters. The SMILES string of the molecule is CC(NC1(C(=O)O)CCOCC1)C1CCCO1. The molecule has 0 amide bonds. The van der Waals surface area contributed by atoms with Gasteiger partial charge in [0.05, 0.1) is 6.10 Å². The minimum Gasteiger partial charge on any atom is -0.480 e. The molecule has 98 valence electrons. The van der Waals surface area contributed by atoms with Crippen LogP contribution in [-0.2, 0) is 14.3 Å². The highest BCUT2D eigenvalue weighted by atomic mass is 16.5. The molecule has 2 fully saturated rings. The maximum absolute atomic E-state index is 11.5. The fourth-order valence-corrected chi connectivity index (χ4v) is 2.67. The molecule has 2 rings (SSSR count). The Kier molecular flexibility index (Phi) is 4.01. The second kappa shape index (κ2) is 5.33. The second-order valence-electron chi connectivity index (χ2n) is 4.98. The summed E-state index contributed by atoms with van der Waals surface area (Å²) in [7, 11) is 0.